The second-order valence-corrected chi connectivity index (χ2v) is 5.63. The van der Waals surface area contributed by atoms with E-state index in [4.69, 9.17) is 9.84 Å². The van der Waals surface area contributed by atoms with E-state index in [1.165, 1.54) is 15.8 Å². The number of morpholine rings is 1. The first-order chi connectivity index (χ1) is 11.5. The molecule has 1 amide bonds. The number of amides is 1. The molecule has 8 heteroatoms. The Morgan fingerprint density at radius 2 is 2.12 bits per heavy atom. The number of carbonyl (C=O) groups excluding carboxylic acids is 1. The number of nitrogens with zero attached hydrogens (tertiary/aromatic N) is 3. The number of fused-ring (bicyclic) bond motifs is 1. The van der Waals surface area contributed by atoms with Crippen molar-refractivity contribution >= 4 is 22.8 Å². The second-order valence-electron chi connectivity index (χ2n) is 5.63. The van der Waals surface area contributed by atoms with Crippen LogP contribution in [0.3, 0.4) is 0 Å². The summed E-state index contributed by atoms with van der Waals surface area (Å²) in [6.07, 6.45) is 0.686. The number of hydrogen-bond donors (Lipinski definition) is 1. The van der Waals surface area contributed by atoms with Crippen molar-refractivity contribution in [2.45, 2.75) is 19.1 Å². The van der Waals surface area contributed by atoms with E-state index in [-0.39, 0.29) is 37.6 Å². The summed E-state index contributed by atoms with van der Waals surface area (Å²) >= 11 is 0. The molecule has 126 valence electrons. The Morgan fingerprint density at radius 1 is 1.33 bits per heavy atom. The fraction of sp³-hybridized carbons (Fsp3) is 0.375. The molecule has 1 aromatic heterocycles. The minimum absolute atomic E-state index is 0.129. The third-order valence-electron chi connectivity index (χ3n) is 3.93. The van der Waals surface area contributed by atoms with Crippen LogP contribution in [-0.2, 0) is 20.9 Å². The van der Waals surface area contributed by atoms with Crippen molar-refractivity contribution in [3.05, 3.63) is 40.9 Å². The van der Waals surface area contributed by atoms with Gasteiger partial charge in [0.2, 0.25) is 5.91 Å². The topological polar surface area (TPSA) is 102 Å². The standard InChI is InChI=1S/C16H17N3O5/c20-14(18-5-6-24-11(8-18)7-15(21)22)9-19-10-17-13-4-2-1-3-12(13)16(19)23/h1-4,10-11H,5-9H2,(H,21,22)/t11-/m1/s1. The van der Waals surface area contributed by atoms with Gasteiger partial charge in [-0.3, -0.25) is 19.0 Å². The third kappa shape index (κ3) is 3.43. The molecule has 1 N–H and O–H groups in total. The fourth-order valence-electron chi connectivity index (χ4n) is 2.73. The van der Waals surface area contributed by atoms with Gasteiger partial charge in [0.25, 0.3) is 5.56 Å². The number of benzene rings is 1. The van der Waals surface area contributed by atoms with Crippen molar-refractivity contribution in [2.75, 3.05) is 19.7 Å². The molecule has 1 saturated heterocycles. The van der Waals surface area contributed by atoms with E-state index in [9.17, 15) is 14.4 Å². The summed E-state index contributed by atoms with van der Waals surface area (Å²) in [4.78, 5) is 41.3. The maximum Gasteiger partial charge on any atom is 0.306 e. The van der Waals surface area contributed by atoms with E-state index in [0.717, 1.165) is 0 Å². The van der Waals surface area contributed by atoms with Crippen molar-refractivity contribution in [1.29, 1.82) is 0 Å². The summed E-state index contributed by atoms with van der Waals surface area (Å²) in [6, 6.07) is 6.95. The molecule has 0 aliphatic carbocycles. The van der Waals surface area contributed by atoms with Crippen LogP contribution in [0.25, 0.3) is 10.9 Å². The quantitative estimate of drug-likeness (QED) is 0.852. The van der Waals surface area contributed by atoms with Crippen molar-refractivity contribution in [2.24, 2.45) is 0 Å². The Morgan fingerprint density at radius 3 is 2.92 bits per heavy atom. The van der Waals surface area contributed by atoms with Crippen LogP contribution in [0.5, 0.6) is 0 Å². The molecular weight excluding hydrogens is 314 g/mol. The van der Waals surface area contributed by atoms with Gasteiger partial charge in [0.15, 0.2) is 0 Å². The lowest BCUT2D eigenvalue weighted by molar-refractivity contribution is -0.148. The molecule has 1 fully saturated rings. The summed E-state index contributed by atoms with van der Waals surface area (Å²) in [6.45, 7) is 0.747. The highest BCUT2D eigenvalue weighted by molar-refractivity contribution is 5.79. The van der Waals surface area contributed by atoms with Gasteiger partial charge >= 0.3 is 5.97 Å². The molecule has 0 unspecified atom stereocenters. The first-order valence-corrected chi connectivity index (χ1v) is 7.60. The molecule has 3 rings (SSSR count). The Hall–Kier alpha value is -2.74. The molecule has 0 spiro atoms. The van der Waals surface area contributed by atoms with Gasteiger partial charge in [-0.2, -0.15) is 0 Å². The van der Waals surface area contributed by atoms with Crippen molar-refractivity contribution < 1.29 is 19.4 Å². The van der Waals surface area contributed by atoms with E-state index < -0.39 is 12.1 Å². The highest BCUT2D eigenvalue weighted by Crippen LogP contribution is 2.10. The molecule has 1 aliphatic heterocycles. The molecule has 1 aromatic carbocycles. The van der Waals surface area contributed by atoms with Gasteiger partial charge in [-0.25, -0.2) is 4.98 Å². The van der Waals surface area contributed by atoms with Crippen LogP contribution in [0.2, 0.25) is 0 Å². The predicted octanol–water partition coefficient (Wildman–Crippen LogP) is 0.0986. The second kappa shape index (κ2) is 6.79. The largest absolute Gasteiger partial charge is 0.481 e. The van der Waals surface area contributed by atoms with Crippen molar-refractivity contribution in [1.82, 2.24) is 14.5 Å². The van der Waals surface area contributed by atoms with Crippen LogP contribution in [0.4, 0.5) is 0 Å². The maximum absolute atomic E-state index is 12.4. The number of rotatable bonds is 4. The van der Waals surface area contributed by atoms with E-state index in [0.29, 0.717) is 17.4 Å². The average Bonchev–Trinajstić information content (AvgIpc) is 2.57. The summed E-state index contributed by atoms with van der Waals surface area (Å²) in [5, 5.41) is 9.28. The highest BCUT2D eigenvalue weighted by atomic mass is 16.5. The smallest absolute Gasteiger partial charge is 0.306 e. The van der Waals surface area contributed by atoms with Crippen molar-refractivity contribution in [3.63, 3.8) is 0 Å². The fourth-order valence-corrected chi connectivity index (χ4v) is 2.73. The van der Waals surface area contributed by atoms with Crippen LogP contribution in [-0.4, -0.2) is 57.2 Å². The highest BCUT2D eigenvalue weighted by Gasteiger charge is 2.26. The number of carbonyl (C=O) groups is 2. The van der Waals surface area contributed by atoms with E-state index in [1.807, 2.05) is 0 Å². The zero-order valence-corrected chi connectivity index (χ0v) is 12.9. The lowest BCUT2D eigenvalue weighted by Crippen LogP contribution is -2.48. The number of aliphatic carboxylic acids is 1. The number of ether oxygens (including phenoxy) is 1. The normalized spacial score (nSPS) is 17.8. The van der Waals surface area contributed by atoms with Gasteiger partial charge in [0.1, 0.15) is 6.54 Å². The zero-order valence-electron chi connectivity index (χ0n) is 12.9. The Kier molecular flexibility index (Phi) is 4.57. The van der Waals surface area contributed by atoms with Gasteiger partial charge in [-0.15, -0.1) is 0 Å². The summed E-state index contributed by atoms with van der Waals surface area (Å²) in [7, 11) is 0. The molecular formula is C16H17N3O5. The van der Waals surface area contributed by atoms with Crippen molar-refractivity contribution in [3.8, 4) is 0 Å². The van der Waals surface area contributed by atoms with Crippen LogP contribution >= 0.6 is 0 Å². The molecule has 0 saturated carbocycles. The predicted molar refractivity (Wildman–Crippen MR) is 84.6 cm³/mol. The number of hydrogen-bond acceptors (Lipinski definition) is 5. The maximum atomic E-state index is 12.4. The van der Waals surface area contributed by atoms with E-state index in [1.54, 1.807) is 24.3 Å². The van der Waals surface area contributed by atoms with Gasteiger partial charge in [0, 0.05) is 13.1 Å². The third-order valence-corrected chi connectivity index (χ3v) is 3.93. The molecule has 8 nitrogen and oxygen atoms in total. The number of carboxylic acids is 1. The van der Waals surface area contributed by atoms with Crippen LogP contribution < -0.4 is 5.56 Å². The molecule has 0 bridgehead atoms. The number of aromatic nitrogens is 2. The molecule has 0 radical (unpaired) electrons. The number of para-hydroxylation sites is 1. The number of carboxylic acid groups (broad SMARTS) is 1. The van der Waals surface area contributed by atoms with Gasteiger partial charge in [0.05, 0.1) is 36.4 Å². The molecule has 2 heterocycles. The van der Waals surface area contributed by atoms with E-state index >= 15 is 0 Å². The summed E-state index contributed by atoms with van der Waals surface area (Å²) < 4.78 is 6.62. The Balaban J connectivity index is 1.74. The molecule has 1 atom stereocenters. The zero-order chi connectivity index (χ0) is 17.1. The van der Waals surface area contributed by atoms with Crippen LogP contribution in [0.15, 0.2) is 35.4 Å². The first-order valence-electron chi connectivity index (χ1n) is 7.60. The van der Waals surface area contributed by atoms with Gasteiger partial charge < -0.3 is 14.7 Å². The lowest BCUT2D eigenvalue weighted by Gasteiger charge is -2.32. The van der Waals surface area contributed by atoms with E-state index in [2.05, 4.69) is 4.98 Å². The monoisotopic (exact) mass is 331 g/mol. The minimum Gasteiger partial charge on any atom is -0.481 e. The van der Waals surface area contributed by atoms with Gasteiger partial charge in [-0.1, -0.05) is 12.1 Å². The minimum atomic E-state index is -0.968. The first kappa shape index (κ1) is 16.1. The average molecular weight is 331 g/mol. The summed E-state index contributed by atoms with van der Waals surface area (Å²) in [5.74, 6) is -1.22. The Labute approximate surface area is 137 Å². The Bertz CT molecular complexity index is 832. The molecule has 1 aliphatic rings. The molecule has 2 aromatic rings. The van der Waals surface area contributed by atoms with Gasteiger partial charge in [-0.05, 0) is 12.1 Å². The van der Waals surface area contributed by atoms with Crippen LogP contribution in [0.1, 0.15) is 6.42 Å². The lowest BCUT2D eigenvalue weighted by atomic mass is 10.2. The SMILES string of the molecule is O=C(O)C[C@@H]1CN(C(=O)Cn2cnc3ccccc3c2=O)CCO1. The summed E-state index contributed by atoms with van der Waals surface area (Å²) in [5.41, 5.74) is 0.309. The van der Waals surface area contributed by atoms with Crippen LogP contribution in [0, 0.1) is 0 Å². The molecule has 24 heavy (non-hydrogen) atoms.